The molecule has 7 nitrogen and oxygen atoms in total. The fraction of sp³-hybridized carbons (Fsp3) is 0.188. The van der Waals surface area contributed by atoms with E-state index in [0.717, 1.165) is 0 Å². The number of aromatic amines is 1. The number of rotatable bonds is 5. The normalized spacial score (nSPS) is 11.7. The molecule has 0 saturated heterocycles. The minimum absolute atomic E-state index is 0.199. The third-order valence-corrected chi connectivity index (χ3v) is 6.05. The van der Waals surface area contributed by atoms with E-state index in [1.54, 1.807) is 50.5 Å². The highest BCUT2D eigenvalue weighted by Gasteiger charge is 2.23. The van der Waals surface area contributed by atoms with Gasteiger partial charge in [-0.05, 0) is 26.0 Å². The average Bonchev–Trinajstić information content (AvgIpc) is 3.11. The molecule has 0 spiro atoms. The van der Waals surface area contributed by atoms with E-state index >= 15 is 0 Å². The van der Waals surface area contributed by atoms with E-state index in [9.17, 15) is 8.42 Å². The van der Waals surface area contributed by atoms with Gasteiger partial charge in [0.1, 0.15) is 5.02 Å². The number of hydrogen-bond donors (Lipinski definition) is 2. The van der Waals surface area contributed by atoms with Crippen molar-refractivity contribution in [1.82, 2.24) is 20.2 Å². The van der Waals surface area contributed by atoms with E-state index < -0.39 is 15.1 Å². The lowest BCUT2D eigenvalue weighted by Gasteiger charge is -2.15. The van der Waals surface area contributed by atoms with Crippen molar-refractivity contribution in [3.05, 3.63) is 47.9 Å². The third-order valence-electron chi connectivity index (χ3n) is 3.57. The molecule has 0 aliphatic carbocycles. The first-order chi connectivity index (χ1) is 11.9. The summed E-state index contributed by atoms with van der Waals surface area (Å²) in [6.07, 6.45) is 4.70. The van der Waals surface area contributed by atoms with Gasteiger partial charge in [-0.25, -0.2) is 18.4 Å². The molecule has 0 atom stereocenters. The Morgan fingerprint density at radius 3 is 2.64 bits per heavy atom. The van der Waals surface area contributed by atoms with Crippen LogP contribution in [0.25, 0.3) is 11.4 Å². The summed E-state index contributed by atoms with van der Waals surface area (Å²) in [5.41, 5.74) is 1.11. The molecule has 2 heterocycles. The minimum Gasteiger partial charge on any atom is -0.338 e. The SMILES string of the molecule is CC(C)S(=O)(=O)c1ccccc1Nc1nc(-c2cn[nH]c2)ncc1Cl. The van der Waals surface area contributed by atoms with Gasteiger partial charge in [-0.15, -0.1) is 0 Å². The Morgan fingerprint density at radius 1 is 1.20 bits per heavy atom. The Morgan fingerprint density at radius 2 is 1.96 bits per heavy atom. The molecule has 2 N–H and O–H groups in total. The van der Waals surface area contributed by atoms with Gasteiger partial charge < -0.3 is 5.32 Å². The topological polar surface area (TPSA) is 101 Å². The number of hydrogen-bond acceptors (Lipinski definition) is 6. The van der Waals surface area contributed by atoms with Crippen molar-refractivity contribution in [3.8, 4) is 11.4 Å². The van der Waals surface area contributed by atoms with Crippen molar-refractivity contribution >= 4 is 32.9 Å². The molecule has 0 fully saturated rings. The predicted octanol–water partition coefficient (Wildman–Crippen LogP) is 3.45. The second-order valence-corrected chi connectivity index (χ2v) is 8.47. The monoisotopic (exact) mass is 377 g/mol. The summed E-state index contributed by atoms with van der Waals surface area (Å²) in [5.74, 6) is 0.740. The van der Waals surface area contributed by atoms with Crippen LogP contribution in [0.5, 0.6) is 0 Å². The largest absolute Gasteiger partial charge is 0.338 e. The number of anilines is 2. The summed E-state index contributed by atoms with van der Waals surface area (Å²) in [7, 11) is -3.46. The molecule has 9 heteroatoms. The van der Waals surface area contributed by atoms with Crippen LogP contribution in [-0.4, -0.2) is 33.8 Å². The standard InChI is InChI=1S/C16H16ClN5O2S/c1-10(2)25(23,24)14-6-4-3-5-13(14)21-16-12(17)9-18-15(22-16)11-7-19-20-8-11/h3-10H,1-2H3,(H,19,20)(H,18,21,22). The van der Waals surface area contributed by atoms with Crippen molar-refractivity contribution in [3.63, 3.8) is 0 Å². The van der Waals surface area contributed by atoms with Gasteiger partial charge >= 0.3 is 0 Å². The Hall–Kier alpha value is -2.45. The van der Waals surface area contributed by atoms with Gasteiger partial charge in [0.2, 0.25) is 0 Å². The second-order valence-electron chi connectivity index (χ2n) is 5.59. The van der Waals surface area contributed by atoms with Crippen molar-refractivity contribution in [1.29, 1.82) is 0 Å². The molecule has 1 aromatic carbocycles. The molecule has 0 unspecified atom stereocenters. The van der Waals surface area contributed by atoms with Crippen molar-refractivity contribution in [2.75, 3.05) is 5.32 Å². The Labute approximate surface area is 150 Å². The van der Waals surface area contributed by atoms with Gasteiger partial charge in [-0.2, -0.15) is 5.10 Å². The number of H-pyrrole nitrogens is 1. The number of benzene rings is 1. The molecular formula is C16H16ClN5O2S. The van der Waals surface area contributed by atoms with Crippen LogP contribution in [0.4, 0.5) is 11.5 Å². The summed E-state index contributed by atoms with van der Waals surface area (Å²) in [6, 6.07) is 6.65. The van der Waals surface area contributed by atoms with E-state index in [2.05, 4.69) is 25.5 Å². The zero-order valence-electron chi connectivity index (χ0n) is 13.6. The van der Waals surface area contributed by atoms with Gasteiger partial charge in [0, 0.05) is 6.20 Å². The van der Waals surface area contributed by atoms with E-state index in [4.69, 9.17) is 11.6 Å². The van der Waals surface area contributed by atoms with E-state index in [1.165, 1.54) is 6.20 Å². The maximum Gasteiger partial charge on any atom is 0.182 e. The molecule has 0 radical (unpaired) electrons. The molecule has 0 aliphatic rings. The first kappa shape index (κ1) is 17.4. The number of sulfone groups is 1. The van der Waals surface area contributed by atoms with E-state index in [1.807, 2.05) is 0 Å². The number of nitrogens with one attached hydrogen (secondary N) is 2. The van der Waals surface area contributed by atoms with E-state index in [0.29, 0.717) is 22.9 Å². The highest BCUT2D eigenvalue weighted by Crippen LogP contribution is 2.30. The highest BCUT2D eigenvalue weighted by atomic mass is 35.5. The van der Waals surface area contributed by atoms with Gasteiger partial charge in [0.25, 0.3) is 0 Å². The van der Waals surface area contributed by atoms with Crippen LogP contribution in [0.1, 0.15) is 13.8 Å². The second kappa shape index (κ2) is 6.81. The molecular weight excluding hydrogens is 362 g/mol. The molecule has 25 heavy (non-hydrogen) atoms. The molecule has 3 aromatic rings. The fourth-order valence-electron chi connectivity index (χ4n) is 2.17. The lowest BCUT2D eigenvalue weighted by molar-refractivity contribution is 0.588. The molecule has 0 saturated carbocycles. The fourth-order valence-corrected chi connectivity index (χ4v) is 3.51. The summed E-state index contributed by atoms with van der Waals surface area (Å²) < 4.78 is 25.1. The maximum absolute atomic E-state index is 12.6. The number of nitrogens with zero attached hydrogens (tertiary/aromatic N) is 3. The Balaban J connectivity index is 2.03. The zero-order valence-corrected chi connectivity index (χ0v) is 15.1. The molecule has 0 bridgehead atoms. The summed E-state index contributed by atoms with van der Waals surface area (Å²) in [4.78, 5) is 8.73. The average molecular weight is 378 g/mol. The van der Waals surface area contributed by atoms with Crippen molar-refractivity contribution in [2.45, 2.75) is 24.0 Å². The van der Waals surface area contributed by atoms with Gasteiger partial charge in [0.15, 0.2) is 21.5 Å². The Bertz CT molecular complexity index is 988. The smallest absolute Gasteiger partial charge is 0.182 e. The number of para-hydroxylation sites is 1. The summed E-state index contributed by atoms with van der Waals surface area (Å²) >= 11 is 6.18. The van der Waals surface area contributed by atoms with Crippen molar-refractivity contribution in [2.24, 2.45) is 0 Å². The first-order valence-corrected chi connectivity index (χ1v) is 9.43. The zero-order chi connectivity index (χ0) is 18.0. The van der Waals surface area contributed by atoms with Crippen LogP contribution in [0, 0.1) is 0 Å². The minimum atomic E-state index is -3.46. The van der Waals surface area contributed by atoms with Crippen molar-refractivity contribution < 1.29 is 8.42 Å². The summed E-state index contributed by atoms with van der Waals surface area (Å²) in [6.45, 7) is 3.28. The lowest BCUT2D eigenvalue weighted by Crippen LogP contribution is -2.15. The molecule has 0 aliphatic heterocycles. The molecule has 0 amide bonds. The first-order valence-electron chi connectivity index (χ1n) is 7.51. The maximum atomic E-state index is 12.6. The van der Waals surface area contributed by atoms with E-state index in [-0.39, 0.29) is 9.92 Å². The highest BCUT2D eigenvalue weighted by molar-refractivity contribution is 7.92. The lowest BCUT2D eigenvalue weighted by atomic mass is 10.3. The van der Waals surface area contributed by atoms with Gasteiger partial charge in [-0.1, -0.05) is 23.7 Å². The van der Waals surface area contributed by atoms with Crippen LogP contribution in [0.3, 0.4) is 0 Å². The van der Waals surface area contributed by atoms with Crippen LogP contribution in [-0.2, 0) is 9.84 Å². The number of aromatic nitrogens is 4. The molecule has 3 rings (SSSR count). The third kappa shape index (κ3) is 3.49. The quantitative estimate of drug-likeness (QED) is 0.706. The molecule has 2 aromatic heterocycles. The predicted molar refractivity (Wildman–Crippen MR) is 96.7 cm³/mol. The van der Waals surface area contributed by atoms with Crippen LogP contribution in [0.15, 0.2) is 47.8 Å². The van der Waals surface area contributed by atoms with Crippen LogP contribution < -0.4 is 5.32 Å². The van der Waals surface area contributed by atoms with Crippen LogP contribution >= 0.6 is 11.6 Å². The van der Waals surface area contributed by atoms with Gasteiger partial charge in [-0.3, -0.25) is 5.10 Å². The van der Waals surface area contributed by atoms with Crippen LogP contribution in [0.2, 0.25) is 5.02 Å². The molecule has 130 valence electrons. The van der Waals surface area contributed by atoms with Gasteiger partial charge in [0.05, 0.1) is 33.8 Å². The Kier molecular flexibility index (Phi) is 4.73. The summed E-state index contributed by atoms with van der Waals surface area (Å²) in [5, 5.41) is 9.30. The number of halogens is 1.